The van der Waals surface area contributed by atoms with Crippen molar-refractivity contribution in [2.24, 2.45) is 0 Å². The van der Waals surface area contributed by atoms with Crippen molar-refractivity contribution in [1.82, 2.24) is 24.7 Å². The van der Waals surface area contributed by atoms with Gasteiger partial charge >= 0.3 is 0 Å². The lowest BCUT2D eigenvalue weighted by Crippen LogP contribution is -2.15. The number of benzene rings is 1. The summed E-state index contributed by atoms with van der Waals surface area (Å²) in [7, 11) is 0. The van der Waals surface area contributed by atoms with Crippen LogP contribution in [0.15, 0.2) is 36.5 Å². The minimum atomic E-state index is -0.138. The van der Waals surface area contributed by atoms with E-state index in [4.69, 9.17) is 11.6 Å². The molecule has 32 heavy (non-hydrogen) atoms. The van der Waals surface area contributed by atoms with Crippen LogP contribution >= 0.6 is 22.9 Å². The molecule has 0 saturated heterocycles. The Morgan fingerprint density at radius 1 is 1.12 bits per heavy atom. The average Bonchev–Trinajstić information content (AvgIpc) is 3.26. The third-order valence-electron chi connectivity index (χ3n) is 5.01. The van der Waals surface area contributed by atoms with Crippen LogP contribution < -0.4 is 5.32 Å². The van der Waals surface area contributed by atoms with E-state index < -0.39 is 0 Å². The quantitative estimate of drug-likeness (QED) is 0.442. The van der Waals surface area contributed by atoms with Gasteiger partial charge in [0.2, 0.25) is 5.91 Å². The molecule has 0 unspecified atom stereocenters. The van der Waals surface area contributed by atoms with Crippen molar-refractivity contribution in [3.8, 4) is 5.95 Å². The van der Waals surface area contributed by atoms with Crippen molar-refractivity contribution in [1.29, 1.82) is 0 Å². The zero-order valence-electron chi connectivity index (χ0n) is 18.3. The summed E-state index contributed by atoms with van der Waals surface area (Å²) in [6, 6.07) is 9.64. The molecule has 164 valence electrons. The van der Waals surface area contributed by atoms with Crippen LogP contribution in [-0.4, -0.2) is 30.6 Å². The summed E-state index contributed by atoms with van der Waals surface area (Å²) in [6.07, 6.45) is 2.70. The summed E-state index contributed by atoms with van der Waals surface area (Å²) in [5.74, 6) is 0.376. The van der Waals surface area contributed by atoms with Gasteiger partial charge in [0.25, 0.3) is 5.95 Å². The Balaban J connectivity index is 1.46. The van der Waals surface area contributed by atoms with Crippen molar-refractivity contribution < 1.29 is 4.79 Å². The number of rotatable bonds is 6. The number of aromatic nitrogens is 5. The van der Waals surface area contributed by atoms with Crippen molar-refractivity contribution >= 4 is 34.0 Å². The molecule has 0 saturated carbocycles. The molecule has 0 radical (unpaired) electrons. The monoisotopic (exact) mass is 466 g/mol. The van der Waals surface area contributed by atoms with Crippen LogP contribution in [0.2, 0.25) is 5.02 Å². The number of carbonyl (C=O) groups excluding carboxylic acids is 1. The topological polar surface area (TPSA) is 85.6 Å². The molecular formula is C23H23ClN6OS. The molecule has 3 aromatic heterocycles. The van der Waals surface area contributed by atoms with E-state index in [0.29, 0.717) is 16.1 Å². The Hall–Kier alpha value is -3.10. The number of carbonyl (C=O) groups is 1. The van der Waals surface area contributed by atoms with E-state index in [1.165, 1.54) is 11.3 Å². The van der Waals surface area contributed by atoms with E-state index in [-0.39, 0.29) is 12.3 Å². The molecular weight excluding hydrogens is 444 g/mol. The lowest BCUT2D eigenvalue weighted by atomic mass is 10.1. The van der Waals surface area contributed by atoms with Gasteiger partial charge in [-0.25, -0.2) is 19.6 Å². The molecule has 4 rings (SSSR count). The number of hydrogen-bond donors (Lipinski definition) is 1. The number of thiazole rings is 1. The molecule has 7 nitrogen and oxygen atoms in total. The van der Waals surface area contributed by atoms with E-state index in [2.05, 4.69) is 25.4 Å². The van der Waals surface area contributed by atoms with E-state index in [1.54, 1.807) is 10.9 Å². The third-order valence-corrected chi connectivity index (χ3v) is 6.15. The van der Waals surface area contributed by atoms with Gasteiger partial charge in [0.05, 0.1) is 12.1 Å². The van der Waals surface area contributed by atoms with Gasteiger partial charge in [0.15, 0.2) is 5.13 Å². The second-order valence-corrected chi connectivity index (χ2v) is 9.23. The summed E-state index contributed by atoms with van der Waals surface area (Å²) < 4.78 is 1.70. The summed E-state index contributed by atoms with van der Waals surface area (Å²) in [5, 5.41) is 8.76. The average molecular weight is 467 g/mol. The second-order valence-electron chi connectivity index (χ2n) is 7.68. The Bertz CT molecular complexity index is 1280. The molecule has 0 atom stereocenters. The normalized spacial score (nSPS) is 11.0. The molecule has 0 aliphatic heterocycles. The zero-order valence-corrected chi connectivity index (χ0v) is 19.9. The number of amides is 1. The first kappa shape index (κ1) is 22.1. The van der Waals surface area contributed by atoms with Gasteiger partial charge in [-0.2, -0.15) is 5.10 Å². The largest absolute Gasteiger partial charge is 0.302 e. The first-order valence-electron chi connectivity index (χ1n) is 10.2. The van der Waals surface area contributed by atoms with Gasteiger partial charge in [-0.1, -0.05) is 23.7 Å². The lowest BCUT2D eigenvalue weighted by Gasteiger charge is -2.06. The van der Waals surface area contributed by atoms with Crippen molar-refractivity contribution in [3.63, 3.8) is 0 Å². The fraction of sp³-hybridized carbons (Fsp3) is 0.261. The molecule has 0 aliphatic carbocycles. The SMILES string of the molecule is Cc1cc(C)nc(-n2nc(C)c(CC(=O)Nc3ncc(Cc4cccc(Cl)c4)s3)c2C)n1. The Kier molecular flexibility index (Phi) is 6.34. The first-order chi connectivity index (χ1) is 15.3. The van der Waals surface area contributed by atoms with Crippen molar-refractivity contribution in [2.45, 2.75) is 40.5 Å². The molecule has 0 bridgehead atoms. The number of hydrogen-bond acceptors (Lipinski definition) is 6. The predicted octanol–water partition coefficient (Wildman–Crippen LogP) is 4.78. The molecule has 1 amide bonds. The zero-order chi connectivity index (χ0) is 22.8. The molecule has 1 aromatic carbocycles. The molecule has 0 fully saturated rings. The maximum absolute atomic E-state index is 12.7. The molecule has 3 heterocycles. The van der Waals surface area contributed by atoms with Crippen LogP contribution in [0, 0.1) is 27.7 Å². The van der Waals surface area contributed by atoms with E-state index in [9.17, 15) is 4.79 Å². The van der Waals surface area contributed by atoms with E-state index in [0.717, 1.165) is 45.2 Å². The summed E-state index contributed by atoms with van der Waals surface area (Å²) in [4.78, 5) is 27.1. The van der Waals surface area contributed by atoms with Gasteiger partial charge in [0.1, 0.15) is 0 Å². The summed E-state index contributed by atoms with van der Waals surface area (Å²) in [5.41, 5.74) is 5.34. The van der Waals surface area contributed by atoms with Gasteiger partial charge in [-0.15, -0.1) is 11.3 Å². The molecule has 9 heteroatoms. The first-order valence-corrected chi connectivity index (χ1v) is 11.3. The van der Waals surface area contributed by atoms with Gasteiger partial charge in [0, 0.05) is 45.2 Å². The third kappa shape index (κ3) is 5.03. The highest BCUT2D eigenvalue weighted by atomic mass is 35.5. The second kappa shape index (κ2) is 9.18. The Morgan fingerprint density at radius 2 is 1.88 bits per heavy atom. The van der Waals surface area contributed by atoms with Gasteiger partial charge in [-0.3, -0.25) is 4.79 Å². The van der Waals surface area contributed by atoms with Gasteiger partial charge in [-0.05, 0) is 51.5 Å². The summed E-state index contributed by atoms with van der Waals surface area (Å²) in [6.45, 7) is 7.66. The standard InChI is InChI=1S/C23H23ClN6OS/c1-13-8-14(2)27-22(26-13)30-16(4)20(15(3)29-30)11-21(31)28-23-25-12-19(32-23)10-17-6-5-7-18(24)9-17/h5-9,12H,10-11H2,1-4H3,(H,25,28,31). The van der Waals surface area contributed by atoms with Gasteiger partial charge < -0.3 is 5.32 Å². The van der Waals surface area contributed by atoms with Crippen LogP contribution in [0.1, 0.15) is 38.8 Å². The van der Waals surface area contributed by atoms with Crippen LogP contribution in [-0.2, 0) is 17.6 Å². The van der Waals surface area contributed by atoms with Crippen LogP contribution in [0.25, 0.3) is 5.95 Å². The predicted molar refractivity (Wildman–Crippen MR) is 127 cm³/mol. The molecule has 0 spiro atoms. The summed E-state index contributed by atoms with van der Waals surface area (Å²) >= 11 is 7.52. The maximum Gasteiger partial charge on any atom is 0.251 e. The smallest absolute Gasteiger partial charge is 0.251 e. The number of nitrogens with one attached hydrogen (secondary N) is 1. The number of halogens is 1. The minimum absolute atomic E-state index is 0.138. The fourth-order valence-electron chi connectivity index (χ4n) is 3.55. The minimum Gasteiger partial charge on any atom is -0.302 e. The van der Waals surface area contributed by atoms with E-state index in [1.807, 2.05) is 58.0 Å². The highest BCUT2D eigenvalue weighted by Crippen LogP contribution is 2.23. The fourth-order valence-corrected chi connectivity index (χ4v) is 4.62. The Morgan fingerprint density at radius 3 is 2.59 bits per heavy atom. The van der Waals surface area contributed by atoms with E-state index >= 15 is 0 Å². The van der Waals surface area contributed by atoms with Crippen molar-refractivity contribution in [3.05, 3.63) is 80.3 Å². The highest BCUT2D eigenvalue weighted by molar-refractivity contribution is 7.15. The lowest BCUT2D eigenvalue weighted by molar-refractivity contribution is -0.115. The number of aryl methyl sites for hydroxylation is 3. The number of nitrogens with zero attached hydrogens (tertiary/aromatic N) is 5. The van der Waals surface area contributed by atoms with Crippen molar-refractivity contribution in [2.75, 3.05) is 5.32 Å². The van der Waals surface area contributed by atoms with Crippen LogP contribution in [0.4, 0.5) is 5.13 Å². The highest BCUT2D eigenvalue weighted by Gasteiger charge is 2.18. The molecule has 4 aromatic rings. The van der Waals surface area contributed by atoms with Crippen LogP contribution in [0.3, 0.4) is 0 Å². The molecule has 0 aliphatic rings. The number of anilines is 1. The van der Waals surface area contributed by atoms with Crippen LogP contribution in [0.5, 0.6) is 0 Å². The Labute approximate surface area is 195 Å². The molecule has 1 N–H and O–H groups in total. The maximum atomic E-state index is 12.7.